The van der Waals surface area contributed by atoms with Crippen molar-refractivity contribution in [2.75, 3.05) is 24.9 Å². The third-order valence-electron chi connectivity index (χ3n) is 5.31. The second-order valence-electron chi connectivity index (χ2n) is 9.34. The largest absolute Gasteiger partial charge is 0.481 e. The molecule has 36 heavy (non-hydrogen) atoms. The number of carbonyl (C=O) groups excluding carboxylic acids is 3. The van der Waals surface area contributed by atoms with Crippen molar-refractivity contribution in [2.45, 2.75) is 45.8 Å². The van der Waals surface area contributed by atoms with E-state index < -0.39 is 29.7 Å². The van der Waals surface area contributed by atoms with Gasteiger partial charge in [0.05, 0.1) is 37.6 Å². The molecule has 10 nitrogen and oxygen atoms in total. The molecule has 2 atom stereocenters. The Labute approximate surface area is 210 Å². The molecule has 0 saturated carbocycles. The maximum Gasteiger partial charge on any atom is 0.411 e. The molecule has 2 bridgehead atoms. The zero-order chi connectivity index (χ0) is 26.5. The van der Waals surface area contributed by atoms with Gasteiger partial charge in [-0.1, -0.05) is 25.1 Å². The van der Waals surface area contributed by atoms with Gasteiger partial charge in [0.1, 0.15) is 5.60 Å². The number of hydrogen-bond acceptors (Lipinski definition) is 7. The smallest absolute Gasteiger partial charge is 0.411 e. The van der Waals surface area contributed by atoms with Crippen LogP contribution in [-0.2, 0) is 14.3 Å². The summed E-state index contributed by atoms with van der Waals surface area (Å²) in [6.07, 6.45) is 2.76. The van der Waals surface area contributed by atoms with Gasteiger partial charge in [-0.15, -0.1) is 0 Å². The molecule has 1 aliphatic rings. The molecule has 10 heteroatoms. The fourth-order valence-corrected chi connectivity index (χ4v) is 3.57. The first-order valence-corrected chi connectivity index (χ1v) is 11.5. The molecule has 1 unspecified atom stereocenters. The number of fused-ring (bicyclic) bond motifs is 4. The average Bonchev–Trinajstić information content (AvgIpc) is 2.81. The summed E-state index contributed by atoms with van der Waals surface area (Å²) in [4.78, 5) is 41.8. The lowest BCUT2D eigenvalue weighted by Gasteiger charge is -2.24. The summed E-state index contributed by atoms with van der Waals surface area (Å²) < 4.78 is 15.6. The quantitative estimate of drug-likeness (QED) is 0.508. The number of ether oxygens (including phenoxy) is 3. The maximum absolute atomic E-state index is 12.9. The van der Waals surface area contributed by atoms with Crippen LogP contribution in [0.3, 0.4) is 0 Å². The van der Waals surface area contributed by atoms with E-state index in [1.807, 2.05) is 12.1 Å². The first-order valence-electron chi connectivity index (χ1n) is 11.5. The van der Waals surface area contributed by atoms with Gasteiger partial charge in [-0.2, -0.15) is 0 Å². The lowest BCUT2D eigenvalue weighted by molar-refractivity contribution is -0.118. The van der Waals surface area contributed by atoms with Crippen LogP contribution in [0.15, 0.2) is 42.5 Å². The van der Waals surface area contributed by atoms with E-state index in [2.05, 4.69) is 25.7 Å². The molecular weight excluding hydrogens is 464 g/mol. The van der Waals surface area contributed by atoms with E-state index in [4.69, 9.17) is 9.47 Å². The molecule has 0 aliphatic carbocycles. The first kappa shape index (κ1) is 26.5. The van der Waals surface area contributed by atoms with E-state index in [1.165, 1.54) is 14.2 Å². The van der Waals surface area contributed by atoms with Gasteiger partial charge in [-0.25, -0.2) is 14.6 Å². The van der Waals surface area contributed by atoms with Crippen LogP contribution in [0.5, 0.6) is 5.88 Å². The molecule has 2 heterocycles. The van der Waals surface area contributed by atoms with Gasteiger partial charge in [0.25, 0.3) is 0 Å². The Morgan fingerprint density at radius 2 is 1.86 bits per heavy atom. The minimum atomic E-state index is -0.667. The molecule has 0 spiro atoms. The van der Waals surface area contributed by atoms with Crippen molar-refractivity contribution in [2.24, 2.45) is 5.92 Å². The molecule has 1 aromatic heterocycles. The number of aromatic nitrogens is 1. The number of alkyl carbamates (subject to hydrolysis) is 1. The summed E-state index contributed by atoms with van der Waals surface area (Å²) in [6.45, 7) is 7.13. The average molecular weight is 497 g/mol. The van der Waals surface area contributed by atoms with Crippen LogP contribution in [0.1, 0.15) is 45.9 Å². The molecule has 1 aliphatic heterocycles. The predicted molar refractivity (Wildman–Crippen MR) is 136 cm³/mol. The zero-order valence-corrected chi connectivity index (χ0v) is 21.3. The number of amides is 3. The van der Waals surface area contributed by atoms with Gasteiger partial charge in [-0.3, -0.25) is 10.1 Å². The molecular formula is C26H32N4O6. The fourth-order valence-electron chi connectivity index (χ4n) is 3.57. The first-order chi connectivity index (χ1) is 17.0. The number of nitrogens with one attached hydrogen (secondary N) is 3. The van der Waals surface area contributed by atoms with Crippen molar-refractivity contribution in [3.05, 3.63) is 48.2 Å². The topological polar surface area (TPSA) is 128 Å². The number of carbonyl (C=O) groups is 3. The van der Waals surface area contributed by atoms with Gasteiger partial charge in [0.2, 0.25) is 11.8 Å². The second kappa shape index (κ2) is 11.1. The van der Waals surface area contributed by atoms with Crippen molar-refractivity contribution in [3.63, 3.8) is 0 Å². The molecule has 0 saturated heterocycles. The predicted octanol–water partition coefficient (Wildman–Crippen LogP) is 5.04. The van der Waals surface area contributed by atoms with E-state index in [1.54, 1.807) is 58.0 Å². The van der Waals surface area contributed by atoms with Gasteiger partial charge < -0.3 is 24.8 Å². The molecule has 1 aromatic carbocycles. The zero-order valence-electron chi connectivity index (χ0n) is 21.3. The monoisotopic (exact) mass is 496 g/mol. The van der Waals surface area contributed by atoms with Gasteiger partial charge in [-0.05, 0) is 51.0 Å². The van der Waals surface area contributed by atoms with Gasteiger partial charge >= 0.3 is 12.2 Å². The van der Waals surface area contributed by atoms with Crippen molar-refractivity contribution in [3.8, 4) is 17.0 Å². The summed E-state index contributed by atoms with van der Waals surface area (Å²) in [5.74, 6) is -0.361. The van der Waals surface area contributed by atoms with Crippen LogP contribution in [0.4, 0.5) is 21.0 Å². The fraction of sp³-hybridized carbons (Fsp3) is 0.385. The lowest BCUT2D eigenvalue weighted by Crippen LogP contribution is -2.35. The minimum Gasteiger partial charge on any atom is -0.481 e. The summed E-state index contributed by atoms with van der Waals surface area (Å²) in [7, 11) is 2.77. The third-order valence-corrected chi connectivity index (χ3v) is 5.31. The number of rotatable bonds is 3. The molecule has 2 aromatic rings. The molecule has 3 N–H and O–H groups in total. The van der Waals surface area contributed by atoms with Gasteiger partial charge in [0.15, 0.2) is 0 Å². The highest BCUT2D eigenvalue weighted by Crippen LogP contribution is 2.35. The standard InChI is InChI=1S/C26H32N4O6/c1-15-8-7-9-19(30-25(33)36-26(2,3)4)21-12-16(13-22(28-21)34-5)18-11-10-17(27-24(32)35-6)14-20(18)29-23(15)31/h7-8,10-15,19H,9H2,1-6H3,(H,27,32)(H,29,31)(H,30,33)/b8-7+/t15?,19-/m0/s1. The minimum absolute atomic E-state index is 0.235. The number of benzene rings is 1. The van der Waals surface area contributed by atoms with Gasteiger partial charge in [0, 0.05) is 17.3 Å². The van der Waals surface area contributed by atoms with Crippen molar-refractivity contribution >= 4 is 29.5 Å². The summed E-state index contributed by atoms with van der Waals surface area (Å²) in [5.41, 5.74) is 2.19. The SMILES string of the molecule is COC(=O)Nc1ccc2c(c1)NC(=O)C(C)/C=C/C[C@H](NC(=O)OC(C)(C)C)c1cc-2cc(OC)n1. The van der Waals surface area contributed by atoms with Crippen LogP contribution < -0.4 is 20.7 Å². The highest BCUT2D eigenvalue weighted by atomic mass is 16.6. The Hall–Kier alpha value is -4.08. The van der Waals surface area contributed by atoms with Crippen LogP contribution in [0.25, 0.3) is 11.1 Å². The molecule has 192 valence electrons. The van der Waals surface area contributed by atoms with Crippen LogP contribution >= 0.6 is 0 Å². The summed E-state index contributed by atoms with van der Waals surface area (Å²) in [5, 5.41) is 8.43. The van der Waals surface area contributed by atoms with Crippen LogP contribution in [-0.4, -0.2) is 42.9 Å². The van der Waals surface area contributed by atoms with Crippen molar-refractivity contribution in [1.29, 1.82) is 0 Å². The summed E-state index contributed by atoms with van der Waals surface area (Å²) in [6, 6.07) is 8.12. The number of hydrogen-bond donors (Lipinski definition) is 3. The Balaban J connectivity index is 2.12. The molecule has 3 rings (SSSR count). The van der Waals surface area contributed by atoms with Crippen molar-refractivity contribution in [1.82, 2.24) is 10.3 Å². The number of pyridine rings is 1. The highest BCUT2D eigenvalue weighted by Gasteiger charge is 2.24. The Morgan fingerprint density at radius 1 is 1.11 bits per heavy atom. The van der Waals surface area contributed by atoms with Crippen LogP contribution in [0, 0.1) is 5.92 Å². The second-order valence-corrected chi connectivity index (χ2v) is 9.34. The van der Waals surface area contributed by atoms with E-state index >= 15 is 0 Å². The highest BCUT2D eigenvalue weighted by molar-refractivity contribution is 5.99. The molecule has 3 amide bonds. The number of nitrogens with zero attached hydrogens (tertiary/aromatic N) is 1. The van der Waals surface area contributed by atoms with Crippen molar-refractivity contribution < 1.29 is 28.6 Å². The number of methoxy groups -OCH3 is 2. The van der Waals surface area contributed by atoms with E-state index in [-0.39, 0.29) is 5.91 Å². The molecule has 0 fully saturated rings. The molecule has 0 radical (unpaired) electrons. The van der Waals surface area contributed by atoms with E-state index in [0.29, 0.717) is 40.5 Å². The van der Waals surface area contributed by atoms with Crippen LogP contribution in [0.2, 0.25) is 0 Å². The van der Waals surface area contributed by atoms with E-state index in [9.17, 15) is 14.4 Å². The Kier molecular flexibility index (Phi) is 8.18. The Morgan fingerprint density at radius 3 is 2.53 bits per heavy atom. The maximum atomic E-state index is 12.9. The van der Waals surface area contributed by atoms with E-state index in [0.717, 1.165) is 0 Å². The summed E-state index contributed by atoms with van der Waals surface area (Å²) >= 11 is 0. The third kappa shape index (κ3) is 6.97. The lowest BCUT2D eigenvalue weighted by atomic mass is 9.98. The Bertz CT molecular complexity index is 1170. The number of anilines is 2. The normalized spacial score (nSPS) is 18.3.